The van der Waals surface area contributed by atoms with Gasteiger partial charge in [-0.2, -0.15) is 0 Å². The van der Waals surface area contributed by atoms with E-state index in [1.807, 2.05) is 0 Å². The average Bonchev–Trinajstić information content (AvgIpc) is 2.13. The van der Waals surface area contributed by atoms with E-state index in [1.54, 1.807) is 0 Å². The van der Waals surface area contributed by atoms with Crippen LogP contribution in [0, 0.1) is 11.8 Å². The maximum absolute atomic E-state index is 11.9. The molecular formula is C11H21NO2S. The van der Waals surface area contributed by atoms with E-state index in [0.717, 1.165) is 25.9 Å². The Morgan fingerprint density at radius 3 is 2.07 bits per heavy atom. The monoisotopic (exact) mass is 231 g/mol. The van der Waals surface area contributed by atoms with Crippen molar-refractivity contribution in [3.05, 3.63) is 0 Å². The van der Waals surface area contributed by atoms with Crippen LogP contribution < -0.4 is 5.32 Å². The largest absolute Gasteiger partial charge is 0.316 e. The van der Waals surface area contributed by atoms with Gasteiger partial charge in [-0.05, 0) is 24.7 Å². The third kappa shape index (κ3) is 3.45. The molecule has 0 atom stereocenters. The lowest BCUT2D eigenvalue weighted by Gasteiger charge is -2.28. The Hall–Kier alpha value is -0.0900. The minimum Gasteiger partial charge on any atom is -0.316 e. The summed E-state index contributed by atoms with van der Waals surface area (Å²) in [4.78, 5) is 0. The van der Waals surface area contributed by atoms with Crippen LogP contribution in [0.1, 0.15) is 32.1 Å². The van der Waals surface area contributed by atoms with Crippen LogP contribution in [-0.4, -0.2) is 33.0 Å². The number of hydrogen-bond acceptors (Lipinski definition) is 3. The van der Waals surface area contributed by atoms with Crippen molar-refractivity contribution >= 4 is 9.84 Å². The lowest BCUT2D eigenvalue weighted by molar-refractivity contribution is 0.368. The Morgan fingerprint density at radius 2 is 1.53 bits per heavy atom. The van der Waals surface area contributed by atoms with Crippen LogP contribution in [0.3, 0.4) is 0 Å². The van der Waals surface area contributed by atoms with Crippen molar-refractivity contribution in [3.63, 3.8) is 0 Å². The minimum atomic E-state index is -2.78. The lowest BCUT2D eigenvalue weighted by Crippen LogP contribution is -2.46. The Morgan fingerprint density at radius 1 is 0.933 bits per heavy atom. The van der Waals surface area contributed by atoms with Gasteiger partial charge < -0.3 is 5.32 Å². The number of sulfone groups is 1. The van der Waals surface area contributed by atoms with Gasteiger partial charge in [0, 0.05) is 13.1 Å². The van der Waals surface area contributed by atoms with E-state index in [-0.39, 0.29) is 0 Å². The standard InChI is InChI=1S/C11H21NO2S/c13-15(14,9-11-6-12-7-11)8-10-4-2-1-3-5-10/h10-12H,1-9H2. The molecule has 2 aliphatic rings. The normalized spacial score (nSPS) is 25.1. The van der Waals surface area contributed by atoms with E-state index in [4.69, 9.17) is 0 Å². The highest BCUT2D eigenvalue weighted by molar-refractivity contribution is 7.91. The van der Waals surface area contributed by atoms with Gasteiger partial charge in [0.15, 0.2) is 9.84 Å². The van der Waals surface area contributed by atoms with Crippen LogP contribution in [0.2, 0.25) is 0 Å². The van der Waals surface area contributed by atoms with Gasteiger partial charge >= 0.3 is 0 Å². The van der Waals surface area contributed by atoms with Gasteiger partial charge in [-0.3, -0.25) is 0 Å². The van der Waals surface area contributed by atoms with Crippen LogP contribution in [0.15, 0.2) is 0 Å². The first-order valence-corrected chi connectivity index (χ1v) is 7.89. The van der Waals surface area contributed by atoms with Crippen molar-refractivity contribution in [2.24, 2.45) is 11.8 Å². The highest BCUT2D eigenvalue weighted by Crippen LogP contribution is 2.25. The maximum atomic E-state index is 11.9. The molecule has 0 bridgehead atoms. The summed E-state index contributed by atoms with van der Waals surface area (Å²) < 4.78 is 23.7. The molecule has 0 aromatic carbocycles. The molecule has 15 heavy (non-hydrogen) atoms. The summed E-state index contributed by atoms with van der Waals surface area (Å²) >= 11 is 0. The molecule has 0 aromatic heterocycles. The summed E-state index contributed by atoms with van der Waals surface area (Å²) in [5, 5.41) is 3.12. The van der Waals surface area contributed by atoms with Crippen LogP contribution in [-0.2, 0) is 9.84 Å². The molecule has 1 saturated heterocycles. The van der Waals surface area contributed by atoms with Gasteiger partial charge in [0.25, 0.3) is 0 Å². The zero-order valence-electron chi connectivity index (χ0n) is 9.24. The Bertz CT molecular complexity index is 290. The molecule has 1 heterocycles. The lowest BCUT2D eigenvalue weighted by atomic mass is 9.91. The molecule has 0 amide bonds. The highest BCUT2D eigenvalue weighted by atomic mass is 32.2. The second-order valence-electron chi connectivity index (χ2n) is 5.11. The topological polar surface area (TPSA) is 46.2 Å². The second kappa shape index (κ2) is 4.83. The van der Waals surface area contributed by atoms with Crippen LogP contribution in [0.4, 0.5) is 0 Å². The first-order chi connectivity index (χ1) is 7.16. The van der Waals surface area contributed by atoms with Crippen molar-refractivity contribution < 1.29 is 8.42 Å². The Kier molecular flexibility index (Phi) is 3.67. The van der Waals surface area contributed by atoms with Gasteiger partial charge in [-0.15, -0.1) is 0 Å². The first kappa shape index (κ1) is 11.4. The van der Waals surface area contributed by atoms with E-state index in [1.165, 1.54) is 19.3 Å². The van der Waals surface area contributed by atoms with Crippen LogP contribution >= 0.6 is 0 Å². The maximum Gasteiger partial charge on any atom is 0.150 e. The van der Waals surface area contributed by atoms with Crippen LogP contribution in [0.5, 0.6) is 0 Å². The van der Waals surface area contributed by atoms with E-state index in [2.05, 4.69) is 5.32 Å². The molecule has 2 fully saturated rings. The van der Waals surface area contributed by atoms with Gasteiger partial charge in [0.2, 0.25) is 0 Å². The first-order valence-electron chi connectivity index (χ1n) is 6.07. The zero-order chi connectivity index (χ0) is 10.7. The van der Waals surface area contributed by atoms with Crippen LogP contribution in [0.25, 0.3) is 0 Å². The smallest absolute Gasteiger partial charge is 0.150 e. The molecule has 0 aromatic rings. The molecule has 3 nitrogen and oxygen atoms in total. The molecule has 4 heteroatoms. The third-order valence-corrected chi connectivity index (χ3v) is 5.53. The fourth-order valence-corrected chi connectivity index (χ4v) is 4.75. The molecular weight excluding hydrogens is 210 g/mol. The summed E-state index contributed by atoms with van der Waals surface area (Å²) in [5.74, 6) is 1.70. The average molecular weight is 231 g/mol. The molecule has 0 unspecified atom stereocenters. The second-order valence-corrected chi connectivity index (χ2v) is 7.26. The predicted molar refractivity (Wildman–Crippen MR) is 61.6 cm³/mol. The number of hydrogen-bond donors (Lipinski definition) is 1. The quantitative estimate of drug-likeness (QED) is 0.791. The van der Waals surface area contributed by atoms with E-state index in [0.29, 0.717) is 23.3 Å². The van der Waals surface area contributed by atoms with E-state index >= 15 is 0 Å². The molecule has 0 spiro atoms. The SMILES string of the molecule is O=S(=O)(CC1CCCCC1)CC1CNC1. The third-order valence-electron chi connectivity index (χ3n) is 3.57. The van der Waals surface area contributed by atoms with Gasteiger partial charge in [-0.1, -0.05) is 19.3 Å². The predicted octanol–water partition coefficient (Wildman–Crippen LogP) is 1.20. The Labute approximate surface area is 92.6 Å². The summed E-state index contributed by atoms with van der Waals surface area (Å²) in [6, 6.07) is 0. The van der Waals surface area contributed by atoms with Crippen molar-refractivity contribution in [3.8, 4) is 0 Å². The molecule has 2 rings (SSSR count). The molecule has 1 aliphatic heterocycles. The van der Waals surface area contributed by atoms with Gasteiger partial charge in [-0.25, -0.2) is 8.42 Å². The van der Waals surface area contributed by atoms with Crippen molar-refractivity contribution in [2.45, 2.75) is 32.1 Å². The summed E-state index contributed by atoms with van der Waals surface area (Å²) in [6.45, 7) is 1.79. The van der Waals surface area contributed by atoms with Crippen molar-refractivity contribution in [2.75, 3.05) is 24.6 Å². The number of rotatable bonds is 4. The fraction of sp³-hybridized carbons (Fsp3) is 1.00. The van der Waals surface area contributed by atoms with Gasteiger partial charge in [0.1, 0.15) is 0 Å². The molecule has 1 saturated carbocycles. The molecule has 0 radical (unpaired) electrons. The molecule has 88 valence electrons. The minimum absolute atomic E-state index is 0.388. The number of nitrogens with one attached hydrogen (secondary N) is 1. The molecule has 1 aliphatic carbocycles. The highest BCUT2D eigenvalue weighted by Gasteiger charge is 2.27. The summed E-state index contributed by atoms with van der Waals surface area (Å²) in [5.41, 5.74) is 0. The fourth-order valence-electron chi connectivity index (χ4n) is 2.61. The van der Waals surface area contributed by atoms with Crippen molar-refractivity contribution in [1.82, 2.24) is 5.32 Å². The summed E-state index contributed by atoms with van der Waals surface area (Å²) in [6.07, 6.45) is 6.00. The van der Waals surface area contributed by atoms with E-state index < -0.39 is 9.84 Å². The molecule has 1 N–H and O–H groups in total. The zero-order valence-corrected chi connectivity index (χ0v) is 10.1. The Balaban J connectivity index is 1.80. The van der Waals surface area contributed by atoms with Crippen molar-refractivity contribution in [1.29, 1.82) is 0 Å². The van der Waals surface area contributed by atoms with E-state index in [9.17, 15) is 8.42 Å². The van der Waals surface area contributed by atoms with Gasteiger partial charge in [0.05, 0.1) is 11.5 Å². The summed E-state index contributed by atoms with van der Waals surface area (Å²) in [7, 11) is -2.78.